The van der Waals surface area contributed by atoms with Crippen LogP contribution in [-0.2, 0) is 0 Å². The molecule has 0 fully saturated rings. The van der Waals surface area contributed by atoms with Crippen molar-refractivity contribution >= 4 is 0 Å². The summed E-state index contributed by atoms with van der Waals surface area (Å²) in [5, 5.41) is 0. The van der Waals surface area contributed by atoms with Crippen LogP contribution in [0.15, 0.2) is 24.4 Å². The first-order valence-corrected chi connectivity index (χ1v) is 2.93. The number of hydrogen-bond donors (Lipinski definition) is 1. The second-order valence-corrected chi connectivity index (χ2v) is 1.54. The van der Waals surface area contributed by atoms with Crippen molar-refractivity contribution in [3.8, 4) is 0 Å². The van der Waals surface area contributed by atoms with Gasteiger partial charge < -0.3 is 5.73 Å². The van der Waals surface area contributed by atoms with Crippen molar-refractivity contribution in [3.63, 3.8) is 0 Å². The molecule has 0 aromatic rings. The molecule has 0 saturated heterocycles. The average Bonchev–Trinajstić information content (AvgIpc) is 1.81. The van der Waals surface area contributed by atoms with Gasteiger partial charge >= 0.3 is 0 Å². The third-order valence-electron chi connectivity index (χ3n) is 0.811. The summed E-state index contributed by atoms with van der Waals surface area (Å²) in [6, 6.07) is 0. The van der Waals surface area contributed by atoms with Crippen molar-refractivity contribution < 1.29 is 0 Å². The van der Waals surface area contributed by atoms with Gasteiger partial charge in [0.15, 0.2) is 0 Å². The Labute approximate surface area is 50.9 Å². The largest absolute Gasteiger partial charge is 0.405 e. The molecule has 0 rings (SSSR count). The molecule has 8 heavy (non-hydrogen) atoms. The van der Waals surface area contributed by atoms with E-state index >= 15 is 0 Å². The molecule has 1 heteroatoms. The van der Waals surface area contributed by atoms with Gasteiger partial charge in [0.1, 0.15) is 0 Å². The van der Waals surface area contributed by atoms with E-state index in [0.717, 1.165) is 12.8 Å². The van der Waals surface area contributed by atoms with Gasteiger partial charge in [-0.1, -0.05) is 25.2 Å². The Morgan fingerprint density at radius 1 is 1.25 bits per heavy atom. The van der Waals surface area contributed by atoms with Gasteiger partial charge in [-0.15, -0.1) is 0 Å². The zero-order valence-corrected chi connectivity index (χ0v) is 5.30. The van der Waals surface area contributed by atoms with Crippen LogP contribution in [0.5, 0.6) is 0 Å². The Bertz CT molecular complexity index is 82.4. The lowest BCUT2D eigenvalue weighted by atomic mass is 10.3. The lowest BCUT2D eigenvalue weighted by Gasteiger charge is -1.77. The highest BCUT2D eigenvalue weighted by molar-refractivity contribution is 4.89. The predicted molar refractivity (Wildman–Crippen MR) is 37.4 cm³/mol. The van der Waals surface area contributed by atoms with E-state index in [-0.39, 0.29) is 0 Å². The zero-order valence-electron chi connectivity index (χ0n) is 5.30. The third kappa shape index (κ3) is 5.28. The third-order valence-corrected chi connectivity index (χ3v) is 0.811. The van der Waals surface area contributed by atoms with Crippen molar-refractivity contribution in [3.05, 3.63) is 24.4 Å². The standard InChI is InChI=1S/C7H13N/c1-2-3-4-5-6-7-8/h3-4,6-7H,2,5,8H2,1H3/b4-3-,7-6-. The van der Waals surface area contributed by atoms with Crippen LogP contribution >= 0.6 is 0 Å². The zero-order chi connectivity index (χ0) is 6.24. The van der Waals surface area contributed by atoms with E-state index in [4.69, 9.17) is 5.73 Å². The van der Waals surface area contributed by atoms with Gasteiger partial charge in [-0.2, -0.15) is 0 Å². The summed E-state index contributed by atoms with van der Waals surface area (Å²) in [5.41, 5.74) is 5.10. The molecule has 0 aliphatic carbocycles. The quantitative estimate of drug-likeness (QED) is 0.552. The van der Waals surface area contributed by atoms with Crippen LogP contribution < -0.4 is 5.73 Å². The second-order valence-electron chi connectivity index (χ2n) is 1.54. The Hall–Kier alpha value is -0.720. The van der Waals surface area contributed by atoms with Gasteiger partial charge in [-0.25, -0.2) is 0 Å². The molecule has 0 aromatic carbocycles. The fourth-order valence-corrected chi connectivity index (χ4v) is 0.420. The summed E-state index contributed by atoms with van der Waals surface area (Å²) in [4.78, 5) is 0. The minimum atomic E-state index is 0.963. The van der Waals surface area contributed by atoms with E-state index in [1.165, 1.54) is 0 Å². The molecule has 0 aliphatic heterocycles. The summed E-state index contributed by atoms with van der Waals surface area (Å²) >= 11 is 0. The van der Waals surface area contributed by atoms with Crippen molar-refractivity contribution in [1.29, 1.82) is 0 Å². The lowest BCUT2D eigenvalue weighted by molar-refractivity contribution is 1.20. The highest BCUT2D eigenvalue weighted by Crippen LogP contribution is 1.85. The van der Waals surface area contributed by atoms with Crippen LogP contribution in [0.3, 0.4) is 0 Å². The molecule has 0 radical (unpaired) electrons. The van der Waals surface area contributed by atoms with Crippen molar-refractivity contribution in [2.24, 2.45) is 5.73 Å². The second kappa shape index (κ2) is 6.28. The maximum absolute atomic E-state index is 5.10. The molecule has 0 aliphatic rings. The van der Waals surface area contributed by atoms with Crippen molar-refractivity contribution in [2.75, 3.05) is 0 Å². The molecule has 0 atom stereocenters. The Morgan fingerprint density at radius 3 is 2.50 bits per heavy atom. The van der Waals surface area contributed by atoms with E-state index in [9.17, 15) is 0 Å². The fourth-order valence-electron chi connectivity index (χ4n) is 0.420. The van der Waals surface area contributed by atoms with Gasteiger partial charge in [0.05, 0.1) is 0 Å². The first-order valence-electron chi connectivity index (χ1n) is 2.93. The van der Waals surface area contributed by atoms with E-state index in [2.05, 4.69) is 19.1 Å². The number of hydrogen-bond acceptors (Lipinski definition) is 1. The fraction of sp³-hybridized carbons (Fsp3) is 0.429. The van der Waals surface area contributed by atoms with Crippen LogP contribution in [0.4, 0.5) is 0 Å². The first kappa shape index (κ1) is 7.28. The van der Waals surface area contributed by atoms with E-state index in [1.807, 2.05) is 6.08 Å². The number of allylic oxidation sites excluding steroid dienone is 3. The maximum atomic E-state index is 5.10. The molecule has 0 heterocycles. The maximum Gasteiger partial charge on any atom is -0.00999 e. The van der Waals surface area contributed by atoms with Crippen LogP contribution in [-0.4, -0.2) is 0 Å². The van der Waals surface area contributed by atoms with Gasteiger partial charge in [-0.05, 0) is 19.0 Å². The molecule has 0 unspecified atom stereocenters. The molecule has 1 nitrogen and oxygen atoms in total. The van der Waals surface area contributed by atoms with Crippen LogP contribution in [0.2, 0.25) is 0 Å². The minimum absolute atomic E-state index is 0.963. The Balaban J connectivity index is 3.03. The molecule has 2 N–H and O–H groups in total. The SMILES string of the molecule is CC/C=C\C/C=C\N. The topological polar surface area (TPSA) is 26.0 Å². The molecule has 0 aromatic heterocycles. The normalized spacial score (nSPS) is 11.6. The van der Waals surface area contributed by atoms with Gasteiger partial charge in [0, 0.05) is 0 Å². The highest BCUT2D eigenvalue weighted by atomic mass is 14.5. The van der Waals surface area contributed by atoms with Gasteiger partial charge in [0.25, 0.3) is 0 Å². The molecule has 0 bridgehead atoms. The predicted octanol–water partition coefficient (Wildman–Crippen LogP) is 1.82. The van der Waals surface area contributed by atoms with Gasteiger partial charge in [-0.3, -0.25) is 0 Å². The highest BCUT2D eigenvalue weighted by Gasteiger charge is 1.65. The van der Waals surface area contributed by atoms with Gasteiger partial charge in [0.2, 0.25) is 0 Å². The smallest absolute Gasteiger partial charge is 0.00999 e. The van der Waals surface area contributed by atoms with Crippen molar-refractivity contribution in [2.45, 2.75) is 19.8 Å². The van der Waals surface area contributed by atoms with E-state index in [1.54, 1.807) is 6.20 Å². The molecule has 0 spiro atoms. The first-order chi connectivity index (χ1) is 3.91. The molecular formula is C7H13N. The summed E-state index contributed by atoms with van der Waals surface area (Å²) in [6.45, 7) is 2.11. The summed E-state index contributed by atoms with van der Waals surface area (Å²) in [7, 11) is 0. The average molecular weight is 111 g/mol. The van der Waals surface area contributed by atoms with E-state index < -0.39 is 0 Å². The van der Waals surface area contributed by atoms with Crippen LogP contribution in [0.25, 0.3) is 0 Å². The number of nitrogens with two attached hydrogens (primary N) is 1. The molecule has 0 amide bonds. The Morgan fingerprint density at radius 2 is 2.00 bits per heavy atom. The summed E-state index contributed by atoms with van der Waals surface area (Å²) in [5.74, 6) is 0. The van der Waals surface area contributed by atoms with Crippen LogP contribution in [0, 0.1) is 0 Å². The van der Waals surface area contributed by atoms with E-state index in [0.29, 0.717) is 0 Å². The summed E-state index contributed by atoms with van der Waals surface area (Å²) in [6.07, 6.45) is 9.79. The molecule has 46 valence electrons. The monoisotopic (exact) mass is 111 g/mol. The minimum Gasteiger partial charge on any atom is -0.405 e. The summed E-state index contributed by atoms with van der Waals surface area (Å²) < 4.78 is 0. The molecular weight excluding hydrogens is 98.1 g/mol. The Kier molecular flexibility index (Phi) is 5.71. The van der Waals surface area contributed by atoms with Crippen molar-refractivity contribution in [1.82, 2.24) is 0 Å². The number of rotatable bonds is 3. The molecule has 0 saturated carbocycles. The van der Waals surface area contributed by atoms with Crippen LogP contribution in [0.1, 0.15) is 19.8 Å². The lowest BCUT2D eigenvalue weighted by Crippen LogP contribution is -1.73.